The van der Waals surface area contributed by atoms with E-state index in [4.69, 9.17) is 16.2 Å². The molecule has 3 aromatic rings. The Morgan fingerprint density at radius 1 is 1.13 bits per heavy atom. The summed E-state index contributed by atoms with van der Waals surface area (Å²) in [5.41, 5.74) is 14.7. The average molecular weight is 403 g/mol. The van der Waals surface area contributed by atoms with E-state index in [0.29, 0.717) is 30.2 Å². The second-order valence-electron chi connectivity index (χ2n) is 7.05. The molecule has 2 aromatic carbocycles. The van der Waals surface area contributed by atoms with Crippen molar-refractivity contribution >= 4 is 17.6 Å². The summed E-state index contributed by atoms with van der Waals surface area (Å²) < 4.78 is 5.22. The quantitative estimate of drug-likeness (QED) is 0.687. The Morgan fingerprint density at radius 3 is 2.70 bits per heavy atom. The summed E-state index contributed by atoms with van der Waals surface area (Å²) >= 11 is 0. The maximum atomic E-state index is 13.0. The Balaban J connectivity index is 1.60. The molecule has 0 atom stereocenters. The van der Waals surface area contributed by atoms with E-state index in [0.717, 1.165) is 17.5 Å². The molecule has 0 spiro atoms. The number of rotatable bonds is 4. The van der Waals surface area contributed by atoms with Crippen molar-refractivity contribution in [1.29, 1.82) is 0 Å². The van der Waals surface area contributed by atoms with E-state index in [9.17, 15) is 9.59 Å². The number of carbonyl (C=O) groups excluding carboxylic acids is 2. The largest absolute Gasteiger partial charge is 0.497 e. The van der Waals surface area contributed by atoms with Gasteiger partial charge in [-0.1, -0.05) is 18.2 Å². The molecule has 1 aromatic heterocycles. The number of nitrogens with zero attached hydrogens (tertiary/aromatic N) is 3. The second-order valence-corrected chi connectivity index (χ2v) is 7.05. The summed E-state index contributed by atoms with van der Waals surface area (Å²) in [6, 6.07) is 13.0. The van der Waals surface area contributed by atoms with Crippen LogP contribution in [0.25, 0.3) is 11.4 Å². The highest BCUT2D eigenvalue weighted by molar-refractivity contribution is 5.97. The maximum Gasteiger partial charge on any atom is 0.254 e. The molecule has 0 saturated carbocycles. The first-order chi connectivity index (χ1) is 14.5. The highest BCUT2D eigenvalue weighted by Gasteiger charge is 2.23. The molecular formula is C22H21N5O3. The number of nitrogen functional groups attached to an aromatic ring is 1. The minimum Gasteiger partial charge on any atom is -0.497 e. The number of anilines is 1. The van der Waals surface area contributed by atoms with Crippen LogP contribution in [0.5, 0.6) is 5.75 Å². The van der Waals surface area contributed by atoms with Crippen LogP contribution in [0.1, 0.15) is 31.8 Å². The molecule has 8 heteroatoms. The molecule has 0 unspecified atom stereocenters. The van der Waals surface area contributed by atoms with Gasteiger partial charge in [-0.05, 0) is 41.8 Å². The summed E-state index contributed by atoms with van der Waals surface area (Å²) in [5, 5.41) is 0. The van der Waals surface area contributed by atoms with E-state index in [2.05, 4.69) is 9.97 Å². The van der Waals surface area contributed by atoms with Gasteiger partial charge in [-0.15, -0.1) is 0 Å². The van der Waals surface area contributed by atoms with E-state index < -0.39 is 5.91 Å². The first-order valence-corrected chi connectivity index (χ1v) is 9.44. The molecular weight excluding hydrogens is 382 g/mol. The van der Waals surface area contributed by atoms with Crippen LogP contribution in [0.3, 0.4) is 0 Å². The fraction of sp³-hybridized carbons (Fsp3) is 0.182. The first-order valence-electron chi connectivity index (χ1n) is 9.44. The zero-order valence-corrected chi connectivity index (χ0v) is 16.5. The van der Waals surface area contributed by atoms with Gasteiger partial charge in [0.1, 0.15) is 11.6 Å². The van der Waals surface area contributed by atoms with Gasteiger partial charge in [0.05, 0.1) is 12.7 Å². The third-order valence-electron chi connectivity index (χ3n) is 5.16. The fourth-order valence-corrected chi connectivity index (χ4v) is 3.53. The van der Waals surface area contributed by atoms with Crippen LogP contribution >= 0.6 is 0 Å². The smallest absolute Gasteiger partial charge is 0.254 e. The summed E-state index contributed by atoms with van der Waals surface area (Å²) in [7, 11) is 1.58. The predicted molar refractivity (Wildman–Crippen MR) is 112 cm³/mol. The molecule has 2 heterocycles. The van der Waals surface area contributed by atoms with Crippen molar-refractivity contribution in [2.24, 2.45) is 5.73 Å². The number of aromatic nitrogens is 2. The van der Waals surface area contributed by atoms with Gasteiger partial charge in [0.15, 0.2) is 5.82 Å². The molecule has 0 saturated heterocycles. The third kappa shape index (κ3) is 3.67. The highest BCUT2D eigenvalue weighted by Crippen LogP contribution is 2.26. The third-order valence-corrected chi connectivity index (χ3v) is 5.16. The molecule has 8 nitrogen and oxygen atoms in total. The van der Waals surface area contributed by atoms with Crippen molar-refractivity contribution < 1.29 is 14.3 Å². The number of ether oxygens (including phenoxy) is 1. The lowest BCUT2D eigenvalue weighted by Crippen LogP contribution is -2.36. The highest BCUT2D eigenvalue weighted by atomic mass is 16.5. The Bertz CT molecular complexity index is 1150. The molecule has 30 heavy (non-hydrogen) atoms. The number of carbonyl (C=O) groups is 2. The molecule has 0 radical (unpaired) electrons. The fourth-order valence-electron chi connectivity index (χ4n) is 3.53. The van der Waals surface area contributed by atoms with Gasteiger partial charge in [0.25, 0.3) is 11.8 Å². The number of methoxy groups -OCH3 is 1. The van der Waals surface area contributed by atoms with Crippen LogP contribution < -0.4 is 16.2 Å². The molecule has 0 fully saturated rings. The summed E-state index contributed by atoms with van der Waals surface area (Å²) in [4.78, 5) is 34.5. The number of hydrogen-bond donors (Lipinski definition) is 2. The first kappa shape index (κ1) is 19.4. The van der Waals surface area contributed by atoms with Gasteiger partial charge < -0.3 is 21.1 Å². The van der Waals surface area contributed by atoms with E-state index in [-0.39, 0.29) is 17.3 Å². The number of primary amides is 1. The van der Waals surface area contributed by atoms with Gasteiger partial charge in [-0.25, -0.2) is 9.97 Å². The molecule has 0 bridgehead atoms. The van der Waals surface area contributed by atoms with Crippen LogP contribution in [-0.4, -0.2) is 40.3 Å². The van der Waals surface area contributed by atoms with Gasteiger partial charge in [-0.3, -0.25) is 9.59 Å². The summed E-state index contributed by atoms with van der Waals surface area (Å²) in [6.07, 6.45) is 2.09. The molecule has 4 N–H and O–H groups in total. The monoisotopic (exact) mass is 403 g/mol. The molecule has 2 amide bonds. The minimum absolute atomic E-state index is 0.0417. The van der Waals surface area contributed by atoms with Crippen molar-refractivity contribution in [2.75, 3.05) is 19.4 Å². The zero-order valence-electron chi connectivity index (χ0n) is 16.5. The lowest BCUT2D eigenvalue weighted by atomic mass is 9.96. The standard InChI is InChI=1S/C22H21N5O3/c1-30-17-4-2-3-15(10-17)22(29)27-8-7-13-5-6-14(9-16(13)12-27)21-25-11-18(20(24)28)19(23)26-21/h2-6,9-11H,7-8,12H2,1H3,(H2,24,28)(H2,23,25,26). The number of benzene rings is 2. The molecule has 1 aliphatic rings. The van der Waals surface area contributed by atoms with Crippen molar-refractivity contribution in [1.82, 2.24) is 14.9 Å². The normalized spacial score (nSPS) is 12.9. The van der Waals surface area contributed by atoms with Gasteiger partial charge in [0.2, 0.25) is 0 Å². The van der Waals surface area contributed by atoms with E-state index in [1.54, 1.807) is 25.3 Å². The molecule has 1 aliphatic heterocycles. The second kappa shape index (κ2) is 7.82. The Labute approximate surface area is 173 Å². The number of hydrogen-bond acceptors (Lipinski definition) is 6. The van der Waals surface area contributed by atoms with Crippen LogP contribution in [0, 0.1) is 0 Å². The number of fused-ring (bicyclic) bond motifs is 1. The SMILES string of the molecule is COc1cccc(C(=O)N2CCc3ccc(-c4ncc(C(N)=O)c(N)n4)cc3C2)c1. The summed E-state index contributed by atoms with van der Waals surface area (Å²) in [5.74, 6) is 0.374. The molecule has 152 valence electrons. The van der Waals surface area contributed by atoms with Crippen LogP contribution in [0.15, 0.2) is 48.7 Å². The van der Waals surface area contributed by atoms with Crippen LogP contribution in [-0.2, 0) is 13.0 Å². The topological polar surface area (TPSA) is 124 Å². The summed E-state index contributed by atoms with van der Waals surface area (Å²) in [6.45, 7) is 1.12. The van der Waals surface area contributed by atoms with Crippen LogP contribution in [0.4, 0.5) is 5.82 Å². The minimum atomic E-state index is -0.670. The molecule has 4 rings (SSSR count). The lowest BCUT2D eigenvalue weighted by Gasteiger charge is -2.29. The Hall–Kier alpha value is -3.94. The Kier molecular flexibility index (Phi) is 5.05. The molecule has 0 aliphatic carbocycles. The zero-order chi connectivity index (χ0) is 21.3. The van der Waals surface area contributed by atoms with Crippen LogP contribution in [0.2, 0.25) is 0 Å². The number of nitrogens with two attached hydrogens (primary N) is 2. The van der Waals surface area contributed by atoms with Crippen molar-refractivity contribution in [2.45, 2.75) is 13.0 Å². The van der Waals surface area contributed by atoms with Crippen molar-refractivity contribution in [3.8, 4) is 17.1 Å². The average Bonchev–Trinajstić information content (AvgIpc) is 2.77. The van der Waals surface area contributed by atoms with Gasteiger partial charge in [0, 0.05) is 30.4 Å². The van der Waals surface area contributed by atoms with Crippen molar-refractivity contribution in [3.63, 3.8) is 0 Å². The van der Waals surface area contributed by atoms with E-state index in [1.165, 1.54) is 11.8 Å². The Morgan fingerprint density at radius 2 is 1.97 bits per heavy atom. The van der Waals surface area contributed by atoms with Gasteiger partial charge >= 0.3 is 0 Å². The van der Waals surface area contributed by atoms with E-state index >= 15 is 0 Å². The van der Waals surface area contributed by atoms with Gasteiger partial charge in [-0.2, -0.15) is 0 Å². The number of amides is 2. The maximum absolute atomic E-state index is 13.0. The lowest BCUT2D eigenvalue weighted by molar-refractivity contribution is 0.0734. The van der Waals surface area contributed by atoms with Crippen molar-refractivity contribution in [3.05, 3.63) is 70.9 Å². The predicted octanol–water partition coefficient (Wildman–Crippen LogP) is 2.03. The van der Waals surface area contributed by atoms with E-state index in [1.807, 2.05) is 29.2 Å².